The summed E-state index contributed by atoms with van der Waals surface area (Å²) in [6.07, 6.45) is 3.84. The number of hydrogen-bond donors (Lipinski definition) is 1. The van der Waals surface area contributed by atoms with Crippen LogP contribution in [0.5, 0.6) is 0 Å². The molecule has 1 heterocycles. The van der Waals surface area contributed by atoms with Crippen LogP contribution in [-0.2, 0) is 4.79 Å². The van der Waals surface area contributed by atoms with E-state index in [1.807, 2.05) is 12.2 Å². The summed E-state index contributed by atoms with van der Waals surface area (Å²) in [5.41, 5.74) is 0.669. The van der Waals surface area contributed by atoms with Gasteiger partial charge in [-0.2, -0.15) is 0 Å². The number of allylic oxidation sites excluding steroid dienone is 3. The molecule has 0 aromatic carbocycles. The number of dihydropyridines is 1. The average Bonchev–Trinajstić information content (AvgIpc) is 1.88. The Labute approximate surface area is 68.1 Å². The summed E-state index contributed by atoms with van der Waals surface area (Å²) in [4.78, 5) is 10.8. The minimum absolute atomic E-state index is 0.0659. The number of halogens is 1. The molecule has 0 saturated heterocycles. The van der Waals surface area contributed by atoms with E-state index in [9.17, 15) is 4.79 Å². The molecule has 0 bridgehead atoms. The number of carbonyl (C=O) groups is 1. The molecule has 0 radical (unpaired) electrons. The predicted octanol–water partition coefficient (Wildman–Crippen LogP) is 1.34. The molecule has 0 unspecified atom stereocenters. The zero-order chi connectivity index (χ0) is 7.56. The van der Waals surface area contributed by atoms with Crippen LogP contribution in [0.15, 0.2) is 22.3 Å². The maximum absolute atomic E-state index is 10.8. The summed E-state index contributed by atoms with van der Waals surface area (Å²) in [5, 5.41) is 2.96. The Hall–Kier alpha value is -0.570. The monoisotopic (exact) mass is 201 g/mol. The highest BCUT2D eigenvalue weighted by Crippen LogP contribution is 2.14. The van der Waals surface area contributed by atoms with Gasteiger partial charge in [-0.3, -0.25) is 4.79 Å². The van der Waals surface area contributed by atoms with Gasteiger partial charge in [0.25, 0.3) is 0 Å². The molecule has 1 rings (SSSR count). The van der Waals surface area contributed by atoms with E-state index in [0.717, 1.165) is 11.0 Å². The molecule has 0 aromatic heterocycles. The summed E-state index contributed by atoms with van der Waals surface area (Å²) in [5.74, 6) is 0.0659. The first kappa shape index (κ1) is 7.54. The van der Waals surface area contributed by atoms with Crippen molar-refractivity contribution in [1.82, 2.24) is 5.32 Å². The van der Waals surface area contributed by atoms with E-state index in [-0.39, 0.29) is 5.78 Å². The lowest BCUT2D eigenvalue weighted by Gasteiger charge is -2.10. The Bertz CT molecular complexity index is 218. The van der Waals surface area contributed by atoms with Crippen LogP contribution in [0.2, 0.25) is 0 Å². The number of Topliss-reactive ketones (excluding diaryl/α,β-unsaturated/α-hetero) is 1. The van der Waals surface area contributed by atoms with Gasteiger partial charge in [0.2, 0.25) is 0 Å². The van der Waals surface area contributed by atoms with Crippen LogP contribution in [0.25, 0.3) is 0 Å². The molecule has 0 saturated carbocycles. The molecular weight excluding hydrogens is 194 g/mol. The third kappa shape index (κ3) is 1.48. The lowest BCUT2D eigenvalue weighted by Crippen LogP contribution is -2.21. The van der Waals surface area contributed by atoms with Crippen LogP contribution >= 0.6 is 15.9 Å². The normalized spacial score (nSPS) is 17.0. The lowest BCUT2D eigenvalue weighted by molar-refractivity contribution is -0.113. The number of ketones is 1. The van der Waals surface area contributed by atoms with Crippen molar-refractivity contribution in [3.05, 3.63) is 22.3 Å². The van der Waals surface area contributed by atoms with E-state index in [0.29, 0.717) is 5.70 Å². The van der Waals surface area contributed by atoms with E-state index in [1.54, 1.807) is 6.92 Å². The number of carbonyl (C=O) groups excluding carboxylic acids is 1. The smallest absolute Gasteiger partial charge is 0.176 e. The molecule has 0 fully saturated rings. The van der Waals surface area contributed by atoms with E-state index in [4.69, 9.17) is 0 Å². The summed E-state index contributed by atoms with van der Waals surface area (Å²) in [6.45, 7) is 2.28. The second kappa shape index (κ2) is 3.01. The minimum Gasteiger partial charge on any atom is -0.378 e. The Morgan fingerprint density at radius 1 is 1.80 bits per heavy atom. The standard InChI is InChI=1S/C7H8BrNO/c1-5(10)7-6(8)3-2-4-9-7/h2-3,9H,4H2,1H3. The fraction of sp³-hybridized carbons (Fsp3) is 0.286. The summed E-state index contributed by atoms with van der Waals surface area (Å²) in [6, 6.07) is 0. The highest BCUT2D eigenvalue weighted by molar-refractivity contribution is 9.11. The van der Waals surface area contributed by atoms with Crippen LogP contribution in [-0.4, -0.2) is 12.3 Å². The molecule has 3 heteroatoms. The van der Waals surface area contributed by atoms with Gasteiger partial charge >= 0.3 is 0 Å². The molecular formula is C7H8BrNO. The zero-order valence-corrected chi connectivity index (χ0v) is 7.23. The Kier molecular flexibility index (Phi) is 2.27. The van der Waals surface area contributed by atoms with Gasteiger partial charge in [0.1, 0.15) is 0 Å². The van der Waals surface area contributed by atoms with Crippen LogP contribution in [0.4, 0.5) is 0 Å². The highest BCUT2D eigenvalue weighted by atomic mass is 79.9. The molecule has 10 heavy (non-hydrogen) atoms. The van der Waals surface area contributed by atoms with Crippen LogP contribution in [0.3, 0.4) is 0 Å². The first-order valence-electron chi connectivity index (χ1n) is 3.03. The van der Waals surface area contributed by atoms with Gasteiger partial charge in [0, 0.05) is 18.0 Å². The number of rotatable bonds is 1. The second-order valence-electron chi connectivity index (χ2n) is 2.06. The van der Waals surface area contributed by atoms with Gasteiger partial charge in [-0.15, -0.1) is 0 Å². The molecule has 0 aliphatic carbocycles. The fourth-order valence-electron chi connectivity index (χ4n) is 0.784. The van der Waals surface area contributed by atoms with E-state index >= 15 is 0 Å². The molecule has 1 N–H and O–H groups in total. The maximum atomic E-state index is 10.8. The minimum atomic E-state index is 0.0659. The second-order valence-corrected chi connectivity index (χ2v) is 2.92. The van der Waals surface area contributed by atoms with Crippen molar-refractivity contribution in [3.63, 3.8) is 0 Å². The fourth-order valence-corrected chi connectivity index (χ4v) is 1.39. The SMILES string of the molecule is CC(=O)C1=C(Br)C=CCN1. The third-order valence-corrected chi connectivity index (χ3v) is 1.91. The molecule has 1 aliphatic heterocycles. The van der Waals surface area contributed by atoms with E-state index in [2.05, 4.69) is 21.2 Å². The van der Waals surface area contributed by atoms with Crippen molar-refractivity contribution in [2.75, 3.05) is 6.54 Å². The van der Waals surface area contributed by atoms with Crippen molar-refractivity contribution >= 4 is 21.7 Å². The van der Waals surface area contributed by atoms with Crippen molar-refractivity contribution in [1.29, 1.82) is 0 Å². The van der Waals surface area contributed by atoms with Gasteiger partial charge in [0.15, 0.2) is 5.78 Å². The largest absolute Gasteiger partial charge is 0.378 e. The van der Waals surface area contributed by atoms with Crippen LogP contribution in [0, 0.1) is 0 Å². The predicted molar refractivity (Wildman–Crippen MR) is 43.8 cm³/mol. The van der Waals surface area contributed by atoms with Crippen LogP contribution < -0.4 is 5.32 Å². The zero-order valence-electron chi connectivity index (χ0n) is 5.65. The van der Waals surface area contributed by atoms with Gasteiger partial charge in [-0.1, -0.05) is 6.08 Å². The average molecular weight is 202 g/mol. The third-order valence-electron chi connectivity index (χ3n) is 1.25. The summed E-state index contributed by atoms with van der Waals surface area (Å²) < 4.78 is 0.839. The summed E-state index contributed by atoms with van der Waals surface area (Å²) >= 11 is 3.26. The molecule has 0 spiro atoms. The van der Waals surface area contributed by atoms with Gasteiger partial charge < -0.3 is 5.32 Å². The summed E-state index contributed by atoms with van der Waals surface area (Å²) in [7, 11) is 0. The molecule has 1 aliphatic rings. The molecule has 0 amide bonds. The number of hydrogen-bond acceptors (Lipinski definition) is 2. The molecule has 2 nitrogen and oxygen atoms in total. The van der Waals surface area contributed by atoms with Crippen molar-refractivity contribution in [2.24, 2.45) is 0 Å². The first-order chi connectivity index (χ1) is 4.72. The van der Waals surface area contributed by atoms with Crippen molar-refractivity contribution in [3.8, 4) is 0 Å². The topological polar surface area (TPSA) is 29.1 Å². The Morgan fingerprint density at radius 3 is 2.90 bits per heavy atom. The quantitative estimate of drug-likeness (QED) is 0.695. The van der Waals surface area contributed by atoms with Crippen molar-refractivity contribution < 1.29 is 4.79 Å². The van der Waals surface area contributed by atoms with Gasteiger partial charge in [-0.25, -0.2) is 0 Å². The van der Waals surface area contributed by atoms with E-state index in [1.165, 1.54) is 0 Å². The Balaban J connectivity index is 2.89. The Morgan fingerprint density at radius 2 is 2.50 bits per heavy atom. The lowest BCUT2D eigenvalue weighted by atomic mass is 10.2. The number of nitrogens with one attached hydrogen (secondary N) is 1. The molecule has 0 aromatic rings. The van der Waals surface area contributed by atoms with E-state index < -0.39 is 0 Å². The van der Waals surface area contributed by atoms with Gasteiger partial charge in [-0.05, 0) is 22.0 Å². The van der Waals surface area contributed by atoms with Crippen molar-refractivity contribution in [2.45, 2.75) is 6.92 Å². The molecule has 0 atom stereocenters. The first-order valence-corrected chi connectivity index (χ1v) is 3.82. The maximum Gasteiger partial charge on any atom is 0.176 e. The highest BCUT2D eigenvalue weighted by Gasteiger charge is 2.08. The van der Waals surface area contributed by atoms with Gasteiger partial charge in [0.05, 0.1) is 5.70 Å². The molecule has 54 valence electrons. The van der Waals surface area contributed by atoms with Crippen LogP contribution in [0.1, 0.15) is 6.92 Å².